The molecule has 0 aliphatic rings. The summed E-state index contributed by atoms with van der Waals surface area (Å²) in [6, 6.07) is 8.26. The minimum absolute atomic E-state index is 0.203. The van der Waals surface area contributed by atoms with Gasteiger partial charge in [0.2, 0.25) is 0 Å². The van der Waals surface area contributed by atoms with Gasteiger partial charge in [-0.2, -0.15) is 13.2 Å². The Morgan fingerprint density at radius 3 is 2.29 bits per heavy atom. The van der Waals surface area contributed by atoms with E-state index in [1.54, 1.807) is 35.6 Å². The lowest BCUT2D eigenvalue weighted by Crippen LogP contribution is -2.58. The molecule has 1 N–H and O–H groups in total. The molecule has 0 radical (unpaired) electrons. The summed E-state index contributed by atoms with van der Waals surface area (Å²) < 4.78 is 41.8. The van der Waals surface area contributed by atoms with Crippen molar-refractivity contribution in [1.82, 2.24) is 5.32 Å². The van der Waals surface area contributed by atoms with Crippen molar-refractivity contribution in [2.75, 3.05) is 7.11 Å². The molecule has 0 saturated heterocycles. The van der Waals surface area contributed by atoms with E-state index in [1.807, 2.05) is 0 Å². The van der Waals surface area contributed by atoms with Crippen LogP contribution in [0.1, 0.15) is 5.56 Å². The van der Waals surface area contributed by atoms with Crippen LogP contribution in [-0.2, 0) is 20.7 Å². The molecule has 0 aliphatic carbocycles. The molecule has 0 saturated carbocycles. The SMILES string of the molecule is C=C[C@](Cc1ccccc1)(NC(=O)C(F)(F)F)C(=O)OC. The van der Waals surface area contributed by atoms with Crippen molar-refractivity contribution < 1.29 is 27.5 Å². The zero-order chi connectivity index (χ0) is 16.1. The molecule has 0 heterocycles. The first kappa shape index (κ1) is 16.7. The van der Waals surface area contributed by atoms with Crippen LogP contribution in [0.15, 0.2) is 43.0 Å². The Labute approximate surface area is 119 Å². The Hall–Kier alpha value is -2.31. The maximum absolute atomic E-state index is 12.4. The number of alkyl halides is 3. The Bertz CT molecular complexity index is 528. The standard InChI is InChI=1S/C14H14F3NO3/c1-3-13(12(20)21-2,18-11(19)14(15,16)17)9-10-7-5-4-6-8-10/h3-8H,1,9H2,2H3,(H,18,19)/t13-/m1/s1. The predicted octanol–water partition coefficient (Wildman–Crippen LogP) is 2.01. The lowest BCUT2D eigenvalue weighted by Gasteiger charge is -2.29. The van der Waals surface area contributed by atoms with Crippen LogP contribution in [0.4, 0.5) is 13.2 Å². The van der Waals surface area contributed by atoms with E-state index >= 15 is 0 Å². The lowest BCUT2D eigenvalue weighted by atomic mass is 9.90. The van der Waals surface area contributed by atoms with Crippen LogP contribution in [0, 0.1) is 0 Å². The molecule has 0 aliphatic heterocycles. The molecule has 21 heavy (non-hydrogen) atoms. The van der Waals surface area contributed by atoms with Gasteiger partial charge in [-0.05, 0) is 5.56 Å². The number of nitrogens with one attached hydrogen (secondary N) is 1. The quantitative estimate of drug-likeness (QED) is 0.668. The van der Waals surface area contributed by atoms with Gasteiger partial charge < -0.3 is 10.1 Å². The van der Waals surface area contributed by atoms with Crippen LogP contribution in [0.2, 0.25) is 0 Å². The summed E-state index contributed by atoms with van der Waals surface area (Å²) >= 11 is 0. The van der Waals surface area contributed by atoms with Gasteiger partial charge in [-0.1, -0.05) is 36.4 Å². The van der Waals surface area contributed by atoms with Crippen LogP contribution in [0.3, 0.4) is 0 Å². The summed E-state index contributed by atoms with van der Waals surface area (Å²) in [4.78, 5) is 23.0. The van der Waals surface area contributed by atoms with Gasteiger partial charge >= 0.3 is 18.1 Å². The first-order valence-corrected chi connectivity index (χ1v) is 5.90. The van der Waals surface area contributed by atoms with Crippen molar-refractivity contribution in [2.24, 2.45) is 0 Å². The highest BCUT2D eigenvalue weighted by Crippen LogP contribution is 2.21. The highest BCUT2D eigenvalue weighted by molar-refractivity contribution is 5.92. The van der Waals surface area contributed by atoms with Gasteiger partial charge in [0, 0.05) is 6.42 Å². The largest absolute Gasteiger partial charge is 0.471 e. The van der Waals surface area contributed by atoms with E-state index in [4.69, 9.17) is 0 Å². The molecule has 1 atom stereocenters. The fourth-order valence-corrected chi connectivity index (χ4v) is 1.75. The third-order valence-electron chi connectivity index (χ3n) is 2.82. The number of benzene rings is 1. The number of carbonyl (C=O) groups is 2. The Morgan fingerprint density at radius 1 is 1.29 bits per heavy atom. The molecule has 7 heteroatoms. The van der Waals surface area contributed by atoms with Gasteiger partial charge in [-0.25, -0.2) is 4.79 Å². The van der Waals surface area contributed by atoms with Crippen molar-refractivity contribution >= 4 is 11.9 Å². The topological polar surface area (TPSA) is 55.4 Å². The minimum Gasteiger partial charge on any atom is -0.467 e. The average Bonchev–Trinajstić information content (AvgIpc) is 2.45. The third kappa shape index (κ3) is 4.08. The van der Waals surface area contributed by atoms with Gasteiger partial charge in [0.25, 0.3) is 0 Å². The van der Waals surface area contributed by atoms with E-state index in [1.165, 1.54) is 0 Å². The van der Waals surface area contributed by atoms with Crippen molar-refractivity contribution in [1.29, 1.82) is 0 Å². The molecule has 4 nitrogen and oxygen atoms in total. The number of ether oxygens (including phenoxy) is 1. The van der Waals surface area contributed by atoms with E-state index in [9.17, 15) is 22.8 Å². The summed E-state index contributed by atoms with van der Waals surface area (Å²) in [5.74, 6) is -3.26. The second-order valence-corrected chi connectivity index (χ2v) is 4.28. The molecule has 1 rings (SSSR count). The van der Waals surface area contributed by atoms with E-state index in [0.29, 0.717) is 5.56 Å². The summed E-state index contributed by atoms with van der Waals surface area (Å²) in [5, 5.41) is 1.66. The Kier molecular flexibility index (Phi) is 5.12. The predicted molar refractivity (Wildman–Crippen MR) is 69.3 cm³/mol. The van der Waals surface area contributed by atoms with Gasteiger partial charge in [0.1, 0.15) is 0 Å². The average molecular weight is 301 g/mol. The summed E-state index contributed by atoms with van der Waals surface area (Å²) in [7, 11) is 1.02. The Balaban J connectivity index is 3.13. The fraction of sp³-hybridized carbons (Fsp3) is 0.286. The number of amides is 1. The van der Waals surface area contributed by atoms with Gasteiger partial charge in [0.15, 0.2) is 5.54 Å². The molecule has 0 fully saturated rings. The van der Waals surface area contributed by atoms with Crippen LogP contribution in [-0.4, -0.2) is 30.7 Å². The zero-order valence-corrected chi connectivity index (χ0v) is 11.2. The number of esters is 1. The molecule has 0 aromatic heterocycles. The first-order chi connectivity index (χ1) is 9.75. The number of carbonyl (C=O) groups excluding carboxylic acids is 2. The van der Waals surface area contributed by atoms with E-state index in [0.717, 1.165) is 13.2 Å². The van der Waals surface area contributed by atoms with Gasteiger partial charge in [-0.3, -0.25) is 4.79 Å². The molecule has 0 unspecified atom stereocenters. The zero-order valence-electron chi connectivity index (χ0n) is 11.2. The van der Waals surface area contributed by atoms with Crippen molar-refractivity contribution in [3.63, 3.8) is 0 Å². The highest BCUT2D eigenvalue weighted by Gasteiger charge is 2.46. The molecule has 114 valence electrons. The molecule has 1 amide bonds. The van der Waals surface area contributed by atoms with E-state index < -0.39 is 23.6 Å². The maximum Gasteiger partial charge on any atom is 0.471 e. The number of methoxy groups -OCH3 is 1. The lowest BCUT2D eigenvalue weighted by molar-refractivity contribution is -0.177. The molecule has 0 bridgehead atoms. The molecule has 1 aromatic rings. The van der Waals surface area contributed by atoms with Gasteiger partial charge in [-0.15, -0.1) is 6.58 Å². The summed E-state index contributed by atoms with van der Waals surface area (Å²) in [5.41, 5.74) is -1.44. The third-order valence-corrected chi connectivity index (χ3v) is 2.82. The summed E-state index contributed by atoms with van der Waals surface area (Å²) in [6.07, 6.45) is -4.37. The van der Waals surface area contributed by atoms with E-state index in [-0.39, 0.29) is 6.42 Å². The first-order valence-electron chi connectivity index (χ1n) is 5.90. The molecule has 0 spiro atoms. The maximum atomic E-state index is 12.4. The van der Waals surface area contributed by atoms with Crippen molar-refractivity contribution in [3.05, 3.63) is 48.6 Å². The van der Waals surface area contributed by atoms with Crippen LogP contribution in [0.5, 0.6) is 0 Å². The van der Waals surface area contributed by atoms with E-state index in [2.05, 4.69) is 11.3 Å². The van der Waals surface area contributed by atoms with Crippen LogP contribution < -0.4 is 5.32 Å². The minimum atomic E-state index is -5.11. The van der Waals surface area contributed by atoms with Gasteiger partial charge in [0.05, 0.1) is 7.11 Å². The molecular weight excluding hydrogens is 287 g/mol. The van der Waals surface area contributed by atoms with Crippen LogP contribution in [0.25, 0.3) is 0 Å². The highest BCUT2D eigenvalue weighted by atomic mass is 19.4. The number of hydrogen-bond acceptors (Lipinski definition) is 3. The normalized spacial score (nSPS) is 13.9. The number of rotatable bonds is 5. The smallest absolute Gasteiger partial charge is 0.467 e. The number of hydrogen-bond donors (Lipinski definition) is 1. The second kappa shape index (κ2) is 6.43. The second-order valence-electron chi connectivity index (χ2n) is 4.28. The molecule has 1 aromatic carbocycles. The summed E-state index contributed by atoms with van der Waals surface area (Å²) in [6.45, 7) is 3.35. The molecular formula is C14H14F3NO3. The van der Waals surface area contributed by atoms with Crippen molar-refractivity contribution in [3.8, 4) is 0 Å². The Morgan fingerprint density at radius 2 is 1.86 bits per heavy atom. The van der Waals surface area contributed by atoms with Crippen molar-refractivity contribution in [2.45, 2.75) is 18.1 Å². The fourth-order valence-electron chi connectivity index (χ4n) is 1.75. The number of halogens is 3. The van der Waals surface area contributed by atoms with Crippen LogP contribution >= 0.6 is 0 Å². The monoisotopic (exact) mass is 301 g/mol.